The minimum absolute atomic E-state index is 0.0426. The highest BCUT2D eigenvalue weighted by Crippen LogP contribution is 2.01. The van der Waals surface area contributed by atoms with E-state index in [0.29, 0.717) is 0 Å². The fourth-order valence-electron chi connectivity index (χ4n) is 1.07. The maximum absolute atomic E-state index is 10.9. The van der Waals surface area contributed by atoms with Gasteiger partial charge in [-0.25, -0.2) is 4.79 Å². The van der Waals surface area contributed by atoms with Crippen LogP contribution in [0.5, 0.6) is 0 Å². The van der Waals surface area contributed by atoms with E-state index >= 15 is 0 Å². The van der Waals surface area contributed by atoms with Gasteiger partial charge in [0.05, 0.1) is 0 Å². The van der Waals surface area contributed by atoms with E-state index in [4.69, 9.17) is 10.8 Å². The predicted molar refractivity (Wildman–Crippen MR) is 65.1 cm³/mol. The molecule has 0 saturated carbocycles. The van der Waals surface area contributed by atoms with E-state index < -0.39 is 5.97 Å². The van der Waals surface area contributed by atoms with Gasteiger partial charge in [-0.2, -0.15) is 5.10 Å². The molecule has 4 N–H and O–H groups in total. The number of hydrogen-bond donors (Lipinski definition) is 3. The average molecular weight is 237 g/mol. The van der Waals surface area contributed by atoms with E-state index in [-0.39, 0.29) is 17.2 Å². The zero-order valence-corrected chi connectivity index (χ0v) is 9.20. The van der Waals surface area contributed by atoms with Crippen molar-refractivity contribution in [3.63, 3.8) is 0 Å². The van der Waals surface area contributed by atoms with Gasteiger partial charge in [0, 0.05) is 6.42 Å². The molecular formula is C10H11N3O2S. The summed E-state index contributed by atoms with van der Waals surface area (Å²) < 4.78 is 0. The van der Waals surface area contributed by atoms with Crippen LogP contribution in [-0.4, -0.2) is 21.9 Å². The molecule has 6 heteroatoms. The highest BCUT2D eigenvalue weighted by Gasteiger charge is 2.10. The van der Waals surface area contributed by atoms with Gasteiger partial charge in [0.1, 0.15) is 5.71 Å². The Morgan fingerprint density at radius 2 is 2.06 bits per heavy atom. The second-order valence-electron chi connectivity index (χ2n) is 3.00. The average Bonchev–Trinajstić information content (AvgIpc) is 2.25. The standard InChI is InChI=1S/C10H11N3O2S/c11-10(16)13-12-8(9(14)15)6-7-4-2-1-3-5-7/h1-5H,6H2,(H,14,15)(H3,11,13,16). The zero-order valence-electron chi connectivity index (χ0n) is 8.38. The first-order chi connectivity index (χ1) is 7.59. The number of carboxylic acids is 1. The first-order valence-electron chi connectivity index (χ1n) is 4.49. The lowest BCUT2D eigenvalue weighted by Gasteiger charge is -2.02. The van der Waals surface area contributed by atoms with Crippen molar-refractivity contribution in [1.82, 2.24) is 5.43 Å². The summed E-state index contributed by atoms with van der Waals surface area (Å²) in [5.74, 6) is -1.10. The summed E-state index contributed by atoms with van der Waals surface area (Å²) in [5, 5.41) is 12.4. The number of aliphatic carboxylic acids is 1. The van der Waals surface area contributed by atoms with Crippen molar-refractivity contribution in [1.29, 1.82) is 0 Å². The van der Waals surface area contributed by atoms with Gasteiger partial charge in [0.15, 0.2) is 5.11 Å². The third-order valence-corrected chi connectivity index (χ3v) is 1.85. The Balaban J connectivity index is 2.77. The van der Waals surface area contributed by atoms with Crippen molar-refractivity contribution in [3.8, 4) is 0 Å². The number of hydrogen-bond acceptors (Lipinski definition) is 3. The topological polar surface area (TPSA) is 87.7 Å². The summed E-state index contributed by atoms with van der Waals surface area (Å²) in [6.45, 7) is 0. The molecule has 0 spiro atoms. The molecule has 16 heavy (non-hydrogen) atoms. The van der Waals surface area contributed by atoms with E-state index in [1.807, 2.05) is 30.3 Å². The summed E-state index contributed by atoms with van der Waals surface area (Å²) in [5.41, 5.74) is 8.23. The number of hydrazone groups is 1. The van der Waals surface area contributed by atoms with Crippen molar-refractivity contribution in [2.24, 2.45) is 10.8 Å². The third-order valence-electron chi connectivity index (χ3n) is 1.76. The molecule has 0 fully saturated rings. The Hall–Kier alpha value is -1.95. The molecule has 0 aliphatic heterocycles. The SMILES string of the molecule is NC(=S)NN=C(Cc1ccccc1)C(=O)O. The number of thiocarbonyl (C=S) groups is 1. The maximum Gasteiger partial charge on any atom is 0.352 e. The van der Waals surface area contributed by atoms with Crippen LogP contribution in [0.25, 0.3) is 0 Å². The van der Waals surface area contributed by atoms with Crippen LogP contribution in [0.1, 0.15) is 5.56 Å². The first-order valence-corrected chi connectivity index (χ1v) is 4.89. The van der Waals surface area contributed by atoms with E-state index in [0.717, 1.165) is 5.56 Å². The molecule has 0 saturated heterocycles. The van der Waals surface area contributed by atoms with Gasteiger partial charge in [0.2, 0.25) is 0 Å². The van der Waals surface area contributed by atoms with E-state index in [1.54, 1.807) is 0 Å². The second kappa shape index (κ2) is 5.82. The molecule has 1 rings (SSSR count). The Bertz CT molecular complexity index is 417. The molecule has 5 nitrogen and oxygen atoms in total. The highest BCUT2D eigenvalue weighted by atomic mass is 32.1. The Labute approximate surface area is 98.0 Å². The van der Waals surface area contributed by atoms with Gasteiger partial charge >= 0.3 is 5.97 Å². The molecule has 0 unspecified atom stereocenters. The van der Waals surface area contributed by atoms with Gasteiger partial charge in [-0.3, -0.25) is 5.43 Å². The van der Waals surface area contributed by atoms with E-state index in [1.165, 1.54) is 0 Å². The predicted octanol–water partition coefficient (Wildman–Crippen LogP) is 0.503. The van der Waals surface area contributed by atoms with Crippen LogP contribution in [0.15, 0.2) is 35.4 Å². The van der Waals surface area contributed by atoms with Gasteiger partial charge in [-0.15, -0.1) is 0 Å². The van der Waals surface area contributed by atoms with Crippen LogP contribution in [0.2, 0.25) is 0 Å². The van der Waals surface area contributed by atoms with Gasteiger partial charge in [-0.05, 0) is 17.8 Å². The van der Waals surface area contributed by atoms with Crippen molar-refractivity contribution >= 4 is 29.0 Å². The summed E-state index contributed by atoms with van der Waals surface area (Å²) in [7, 11) is 0. The van der Waals surface area contributed by atoms with E-state index in [9.17, 15) is 4.79 Å². The Morgan fingerprint density at radius 1 is 1.44 bits per heavy atom. The molecule has 1 aromatic rings. The smallest absolute Gasteiger partial charge is 0.352 e. The van der Waals surface area contributed by atoms with Gasteiger partial charge < -0.3 is 10.8 Å². The molecule has 0 bridgehead atoms. The van der Waals surface area contributed by atoms with Crippen LogP contribution in [0.4, 0.5) is 0 Å². The number of nitrogens with two attached hydrogens (primary N) is 1. The van der Waals surface area contributed by atoms with Crippen molar-refractivity contribution in [3.05, 3.63) is 35.9 Å². The fourth-order valence-corrected chi connectivity index (χ4v) is 1.12. The Morgan fingerprint density at radius 3 is 2.56 bits per heavy atom. The van der Waals surface area contributed by atoms with Crippen LogP contribution < -0.4 is 11.2 Å². The second-order valence-corrected chi connectivity index (χ2v) is 3.44. The summed E-state index contributed by atoms with van der Waals surface area (Å²) in [4.78, 5) is 10.9. The van der Waals surface area contributed by atoms with Gasteiger partial charge in [-0.1, -0.05) is 30.3 Å². The van der Waals surface area contributed by atoms with Crippen LogP contribution in [-0.2, 0) is 11.2 Å². The molecule has 0 heterocycles. The summed E-state index contributed by atoms with van der Waals surface area (Å²) in [6.07, 6.45) is 0.214. The molecule has 0 aliphatic rings. The lowest BCUT2D eigenvalue weighted by molar-refractivity contribution is -0.129. The minimum Gasteiger partial charge on any atom is -0.477 e. The molecule has 1 aromatic carbocycles. The molecule has 0 aromatic heterocycles. The lowest BCUT2D eigenvalue weighted by Crippen LogP contribution is -2.28. The van der Waals surface area contributed by atoms with Crippen molar-refractivity contribution in [2.45, 2.75) is 6.42 Å². The van der Waals surface area contributed by atoms with Crippen LogP contribution in [0, 0.1) is 0 Å². The zero-order chi connectivity index (χ0) is 12.0. The molecule has 0 aliphatic carbocycles. The maximum atomic E-state index is 10.9. The van der Waals surface area contributed by atoms with Crippen LogP contribution in [0.3, 0.4) is 0 Å². The monoisotopic (exact) mass is 237 g/mol. The largest absolute Gasteiger partial charge is 0.477 e. The Kier molecular flexibility index (Phi) is 4.41. The first kappa shape index (κ1) is 12.1. The number of nitrogens with zero attached hydrogens (tertiary/aromatic N) is 1. The molecule has 84 valence electrons. The number of carboxylic acid groups (broad SMARTS) is 1. The lowest BCUT2D eigenvalue weighted by atomic mass is 10.1. The molecule has 0 radical (unpaired) electrons. The summed E-state index contributed by atoms with van der Waals surface area (Å²) in [6, 6.07) is 9.15. The number of carbonyl (C=O) groups is 1. The minimum atomic E-state index is -1.10. The normalized spacial score (nSPS) is 10.9. The van der Waals surface area contributed by atoms with E-state index in [2.05, 4.69) is 22.7 Å². The van der Waals surface area contributed by atoms with Gasteiger partial charge in [0.25, 0.3) is 0 Å². The highest BCUT2D eigenvalue weighted by molar-refractivity contribution is 7.80. The van der Waals surface area contributed by atoms with Crippen LogP contribution >= 0.6 is 12.2 Å². The van der Waals surface area contributed by atoms with Crippen molar-refractivity contribution in [2.75, 3.05) is 0 Å². The number of nitrogens with one attached hydrogen (secondary N) is 1. The molecular weight excluding hydrogens is 226 g/mol. The number of benzene rings is 1. The quantitative estimate of drug-likeness (QED) is 0.403. The fraction of sp³-hybridized carbons (Fsp3) is 0.100. The third kappa shape index (κ3) is 4.05. The van der Waals surface area contributed by atoms with Crippen molar-refractivity contribution < 1.29 is 9.90 Å². The summed E-state index contributed by atoms with van der Waals surface area (Å²) >= 11 is 4.53. The number of rotatable bonds is 4. The molecule has 0 atom stereocenters. The molecule has 0 amide bonds.